The molecule has 0 radical (unpaired) electrons. The van der Waals surface area contributed by atoms with Gasteiger partial charge in [-0.15, -0.1) is 0 Å². The van der Waals surface area contributed by atoms with E-state index in [1.165, 1.54) is 0 Å². The quantitative estimate of drug-likeness (QED) is 0.776. The van der Waals surface area contributed by atoms with E-state index in [0.717, 1.165) is 8.04 Å². The van der Waals surface area contributed by atoms with Gasteiger partial charge in [-0.05, 0) is 62.6 Å². The van der Waals surface area contributed by atoms with Crippen LogP contribution in [0.4, 0.5) is 5.69 Å². The van der Waals surface area contributed by atoms with E-state index in [1.54, 1.807) is 0 Å². The first-order valence-corrected chi connectivity index (χ1v) is 6.98. The van der Waals surface area contributed by atoms with Crippen molar-refractivity contribution >= 4 is 50.1 Å². The molecule has 1 aromatic rings. The maximum Gasteiger partial charge on any atom is 0.241 e. The molecule has 1 amide bonds. The Morgan fingerprint density at radius 2 is 2.18 bits per heavy atom. The summed E-state index contributed by atoms with van der Waals surface area (Å²) in [5, 5.41) is 11.7. The Bertz CT molecular complexity index is 468. The normalized spacial score (nSPS) is 12.0. The number of rotatable bonds is 3. The summed E-state index contributed by atoms with van der Waals surface area (Å²) in [4.78, 5) is 11.8. The number of halogens is 2. The number of benzene rings is 1. The van der Waals surface area contributed by atoms with E-state index in [0.29, 0.717) is 5.69 Å². The standard InChI is InChI=1S/C12H12BrIN2O/c1-7(2)9(6-15)12(17)16-8-3-4-11(14)10(13)5-8/h3-5,7,9H,1-2H3,(H,16,17). The minimum atomic E-state index is -0.618. The van der Waals surface area contributed by atoms with E-state index in [2.05, 4.69) is 43.8 Å². The predicted molar refractivity (Wildman–Crippen MR) is 79.4 cm³/mol. The Morgan fingerprint density at radius 3 is 2.65 bits per heavy atom. The summed E-state index contributed by atoms with van der Waals surface area (Å²) in [7, 11) is 0. The lowest BCUT2D eigenvalue weighted by Crippen LogP contribution is -2.25. The van der Waals surface area contributed by atoms with Crippen LogP contribution >= 0.6 is 38.5 Å². The van der Waals surface area contributed by atoms with Crippen molar-refractivity contribution in [1.82, 2.24) is 0 Å². The number of nitriles is 1. The van der Waals surface area contributed by atoms with Gasteiger partial charge in [0.2, 0.25) is 5.91 Å². The number of nitrogens with zero attached hydrogens (tertiary/aromatic N) is 1. The van der Waals surface area contributed by atoms with Crippen molar-refractivity contribution in [2.75, 3.05) is 5.32 Å². The third kappa shape index (κ3) is 3.96. The molecule has 0 saturated carbocycles. The largest absolute Gasteiger partial charge is 0.325 e. The van der Waals surface area contributed by atoms with Gasteiger partial charge < -0.3 is 5.32 Å². The number of nitrogens with one attached hydrogen (secondary N) is 1. The zero-order valence-electron chi connectivity index (χ0n) is 9.50. The van der Waals surface area contributed by atoms with Gasteiger partial charge in [-0.25, -0.2) is 0 Å². The number of hydrogen-bond acceptors (Lipinski definition) is 2. The maximum atomic E-state index is 11.8. The molecule has 1 atom stereocenters. The van der Waals surface area contributed by atoms with Gasteiger partial charge in [-0.2, -0.15) is 5.26 Å². The highest BCUT2D eigenvalue weighted by molar-refractivity contribution is 14.1. The number of hydrogen-bond donors (Lipinski definition) is 1. The Labute approximate surface area is 123 Å². The van der Waals surface area contributed by atoms with E-state index in [1.807, 2.05) is 38.1 Å². The summed E-state index contributed by atoms with van der Waals surface area (Å²) in [5.74, 6) is -0.865. The van der Waals surface area contributed by atoms with Gasteiger partial charge >= 0.3 is 0 Å². The van der Waals surface area contributed by atoms with Crippen LogP contribution in [0.5, 0.6) is 0 Å². The predicted octanol–water partition coefficient (Wildman–Crippen LogP) is 3.79. The van der Waals surface area contributed by atoms with Gasteiger partial charge in [0, 0.05) is 13.7 Å². The highest BCUT2D eigenvalue weighted by Gasteiger charge is 2.21. The molecule has 0 aliphatic carbocycles. The third-order valence-corrected chi connectivity index (χ3v) is 4.61. The minimum absolute atomic E-state index is 0.00675. The fourth-order valence-corrected chi connectivity index (χ4v) is 2.02. The first-order chi connectivity index (χ1) is 7.95. The van der Waals surface area contributed by atoms with Gasteiger partial charge in [0.25, 0.3) is 0 Å². The molecule has 0 spiro atoms. The second-order valence-electron chi connectivity index (χ2n) is 3.97. The van der Waals surface area contributed by atoms with Crippen LogP contribution in [0.15, 0.2) is 22.7 Å². The molecule has 1 unspecified atom stereocenters. The molecule has 0 bridgehead atoms. The first kappa shape index (κ1) is 14.5. The summed E-state index contributed by atoms with van der Waals surface area (Å²) in [5.41, 5.74) is 0.697. The van der Waals surface area contributed by atoms with Crippen molar-refractivity contribution in [1.29, 1.82) is 5.26 Å². The van der Waals surface area contributed by atoms with Gasteiger partial charge in [0.15, 0.2) is 0 Å². The molecule has 1 rings (SSSR count). The first-order valence-electron chi connectivity index (χ1n) is 5.11. The van der Waals surface area contributed by atoms with Crippen LogP contribution in [0.1, 0.15) is 13.8 Å². The number of carbonyl (C=O) groups is 1. The van der Waals surface area contributed by atoms with Crippen LogP contribution in [0, 0.1) is 26.7 Å². The maximum absolute atomic E-state index is 11.8. The number of amides is 1. The van der Waals surface area contributed by atoms with Crippen molar-refractivity contribution < 1.29 is 4.79 Å². The van der Waals surface area contributed by atoms with Gasteiger partial charge in [-0.1, -0.05) is 13.8 Å². The smallest absolute Gasteiger partial charge is 0.241 e. The zero-order valence-corrected chi connectivity index (χ0v) is 13.2. The average Bonchev–Trinajstić information content (AvgIpc) is 2.24. The highest BCUT2D eigenvalue weighted by atomic mass is 127. The topological polar surface area (TPSA) is 52.9 Å². The average molecular weight is 407 g/mol. The van der Waals surface area contributed by atoms with E-state index in [9.17, 15) is 4.79 Å². The lowest BCUT2D eigenvalue weighted by molar-refractivity contribution is -0.119. The van der Waals surface area contributed by atoms with Gasteiger partial charge in [0.1, 0.15) is 5.92 Å². The summed E-state index contributed by atoms with van der Waals surface area (Å²) in [6.45, 7) is 3.72. The fourth-order valence-electron chi connectivity index (χ4n) is 1.30. The lowest BCUT2D eigenvalue weighted by Gasteiger charge is -2.13. The second kappa shape index (κ2) is 6.36. The molecule has 3 nitrogen and oxygen atoms in total. The van der Waals surface area contributed by atoms with Crippen molar-refractivity contribution in [3.05, 3.63) is 26.2 Å². The fraction of sp³-hybridized carbons (Fsp3) is 0.333. The molecule has 90 valence electrons. The third-order valence-electron chi connectivity index (χ3n) is 2.28. The van der Waals surface area contributed by atoms with Crippen LogP contribution in [0.2, 0.25) is 0 Å². The van der Waals surface area contributed by atoms with Crippen molar-refractivity contribution in [2.24, 2.45) is 11.8 Å². The molecule has 17 heavy (non-hydrogen) atoms. The number of anilines is 1. The molecular formula is C12H12BrIN2O. The lowest BCUT2D eigenvalue weighted by atomic mass is 9.96. The van der Waals surface area contributed by atoms with Crippen LogP contribution < -0.4 is 5.32 Å². The van der Waals surface area contributed by atoms with Crippen LogP contribution in [-0.2, 0) is 4.79 Å². The Balaban J connectivity index is 2.81. The van der Waals surface area contributed by atoms with Crippen molar-refractivity contribution in [3.8, 4) is 6.07 Å². The van der Waals surface area contributed by atoms with Crippen molar-refractivity contribution in [2.45, 2.75) is 13.8 Å². The molecule has 0 aliphatic heterocycles. The van der Waals surface area contributed by atoms with Gasteiger partial charge in [0.05, 0.1) is 6.07 Å². The molecular weight excluding hydrogens is 395 g/mol. The zero-order chi connectivity index (χ0) is 13.0. The Hall–Kier alpha value is -0.610. The Kier molecular flexibility index (Phi) is 5.40. The van der Waals surface area contributed by atoms with E-state index in [-0.39, 0.29) is 11.8 Å². The minimum Gasteiger partial charge on any atom is -0.325 e. The summed E-state index contributed by atoms with van der Waals surface area (Å²) >= 11 is 5.59. The molecule has 5 heteroatoms. The van der Waals surface area contributed by atoms with Crippen LogP contribution in [0.25, 0.3) is 0 Å². The van der Waals surface area contributed by atoms with E-state index >= 15 is 0 Å². The van der Waals surface area contributed by atoms with E-state index in [4.69, 9.17) is 5.26 Å². The summed E-state index contributed by atoms with van der Waals surface area (Å²) < 4.78 is 2.00. The van der Waals surface area contributed by atoms with Crippen LogP contribution in [0.3, 0.4) is 0 Å². The van der Waals surface area contributed by atoms with Crippen LogP contribution in [-0.4, -0.2) is 5.91 Å². The Morgan fingerprint density at radius 1 is 1.53 bits per heavy atom. The number of carbonyl (C=O) groups excluding carboxylic acids is 1. The van der Waals surface area contributed by atoms with Gasteiger partial charge in [-0.3, -0.25) is 4.79 Å². The SMILES string of the molecule is CC(C)C(C#N)C(=O)Nc1ccc(I)c(Br)c1. The molecule has 0 fully saturated rings. The summed E-state index contributed by atoms with van der Waals surface area (Å²) in [6.07, 6.45) is 0. The highest BCUT2D eigenvalue weighted by Crippen LogP contribution is 2.23. The molecule has 1 N–H and O–H groups in total. The monoisotopic (exact) mass is 406 g/mol. The van der Waals surface area contributed by atoms with E-state index < -0.39 is 5.92 Å². The second-order valence-corrected chi connectivity index (χ2v) is 5.99. The molecule has 0 saturated heterocycles. The summed E-state index contributed by atoms with van der Waals surface area (Å²) in [6, 6.07) is 7.57. The van der Waals surface area contributed by atoms with Crippen molar-refractivity contribution in [3.63, 3.8) is 0 Å². The molecule has 1 aromatic carbocycles. The molecule has 0 aromatic heterocycles. The molecule has 0 heterocycles. The molecule has 0 aliphatic rings.